The minimum Gasteiger partial charge on any atom is -0.462 e. The highest BCUT2D eigenvalue weighted by atomic mass is 16.5. The topological polar surface area (TPSA) is 78.9 Å². The van der Waals surface area contributed by atoms with E-state index >= 15 is 0 Å². The molecule has 4 rings (SSSR count). The van der Waals surface area contributed by atoms with E-state index in [0.29, 0.717) is 33.4 Å². The van der Waals surface area contributed by atoms with Crippen molar-refractivity contribution < 1.29 is 28.6 Å². The highest BCUT2D eigenvalue weighted by Crippen LogP contribution is 2.37. The summed E-state index contributed by atoms with van der Waals surface area (Å²) in [4.78, 5) is 38.5. The normalized spacial score (nSPS) is 10.5. The second kappa shape index (κ2) is 12.7. The summed E-state index contributed by atoms with van der Waals surface area (Å²) in [7, 11) is 0. The Labute approximate surface area is 228 Å². The number of carbonyl (C=O) groups excluding carboxylic acids is 3. The summed E-state index contributed by atoms with van der Waals surface area (Å²) in [6.07, 6.45) is 0. The molecule has 0 saturated carbocycles. The van der Waals surface area contributed by atoms with Crippen LogP contribution in [0.4, 0.5) is 0 Å². The van der Waals surface area contributed by atoms with Gasteiger partial charge in [-0.3, -0.25) is 0 Å². The van der Waals surface area contributed by atoms with Gasteiger partial charge < -0.3 is 14.2 Å². The number of benzene rings is 4. The van der Waals surface area contributed by atoms with Gasteiger partial charge in [0.15, 0.2) is 0 Å². The third-order valence-corrected chi connectivity index (χ3v) is 6.13. The Morgan fingerprint density at radius 1 is 0.462 bits per heavy atom. The third kappa shape index (κ3) is 6.07. The molecule has 0 aliphatic carbocycles. The van der Waals surface area contributed by atoms with Gasteiger partial charge in [0.05, 0.1) is 36.5 Å². The predicted molar refractivity (Wildman–Crippen MR) is 151 cm³/mol. The van der Waals surface area contributed by atoms with Crippen molar-refractivity contribution in [3.8, 4) is 33.4 Å². The lowest BCUT2D eigenvalue weighted by Gasteiger charge is -2.16. The predicted octanol–water partition coefficient (Wildman–Crippen LogP) is 7.22. The molecule has 0 aromatic heterocycles. The highest BCUT2D eigenvalue weighted by Gasteiger charge is 2.20. The number of esters is 3. The second-order valence-electron chi connectivity index (χ2n) is 8.60. The molecule has 6 nitrogen and oxygen atoms in total. The Hall–Kier alpha value is -4.71. The van der Waals surface area contributed by atoms with Crippen molar-refractivity contribution in [1.82, 2.24) is 0 Å². The maximum Gasteiger partial charge on any atom is 0.338 e. The van der Waals surface area contributed by atoms with Crippen molar-refractivity contribution >= 4 is 17.9 Å². The first-order valence-electron chi connectivity index (χ1n) is 12.9. The summed E-state index contributed by atoms with van der Waals surface area (Å²) in [6.45, 7) is 6.03. The van der Waals surface area contributed by atoms with E-state index in [2.05, 4.69) is 0 Å². The van der Waals surface area contributed by atoms with E-state index < -0.39 is 17.9 Å². The molecule has 0 heterocycles. The van der Waals surface area contributed by atoms with Gasteiger partial charge in [-0.05, 0) is 90.6 Å². The smallest absolute Gasteiger partial charge is 0.338 e. The molecule has 0 aliphatic rings. The number of hydrogen-bond acceptors (Lipinski definition) is 6. The van der Waals surface area contributed by atoms with Crippen LogP contribution in [0.15, 0.2) is 91.0 Å². The lowest BCUT2D eigenvalue weighted by molar-refractivity contribution is 0.0517. The first-order chi connectivity index (χ1) is 19.0. The van der Waals surface area contributed by atoms with E-state index in [1.807, 2.05) is 54.6 Å². The van der Waals surface area contributed by atoms with Crippen LogP contribution in [0.5, 0.6) is 0 Å². The van der Waals surface area contributed by atoms with Gasteiger partial charge in [0.2, 0.25) is 0 Å². The Kier molecular flexibility index (Phi) is 8.90. The largest absolute Gasteiger partial charge is 0.462 e. The molecule has 0 saturated heterocycles. The lowest BCUT2D eigenvalue weighted by Crippen LogP contribution is -2.08. The van der Waals surface area contributed by atoms with Crippen molar-refractivity contribution in [2.45, 2.75) is 20.8 Å². The summed E-state index contributed by atoms with van der Waals surface area (Å²) >= 11 is 0. The average molecular weight is 523 g/mol. The molecular formula is C33H30O6. The lowest BCUT2D eigenvalue weighted by atomic mass is 9.89. The molecule has 4 aromatic rings. The van der Waals surface area contributed by atoms with Crippen LogP contribution in [-0.4, -0.2) is 37.7 Å². The summed E-state index contributed by atoms with van der Waals surface area (Å²) < 4.78 is 15.9. The van der Waals surface area contributed by atoms with Crippen LogP contribution >= 0.6 is 0 Å². The highest BCUT2D eigenvalue weighted by molar-refractivity contribution is 6.02. The maximum atomic E-state index is 12.8. The molecule has 0 fully saturated rings. The molecule has 0 spiro atoms. The summed E-state index contributed by atoms with van der Waals surface area (Å²) in [6, 6.07) is 27.4. The molecule has 0 radical (unpaired) electrons. The molecule has 0 aliphatic heterocycles. The molecule has 0 bridgehead atoms. The fourth-order valence-electron chi connectivity index (χ4n) is 4.46. The zero-order chi connectivity index (χ0) is 27.8. The molecule has 6 heteroatoms. The number of rotatable bonds is 9. The van der Waals surface area contributed by atoms with Gasteiger partial charge >= 0.3 is 17.9 Å². The van der Waals surface area contributed by atoms with Gasteiger partial charge in [0.25, 0.3) is 0 Å². The summed E-state index contributed by atoms with van der Waals surface area (Å²) in [5.41, 5.74) is 5.43. The minimum absolute atomic E-state index is 0.248. The van der Waals surface area contributed by atoms with Crippen LogP contribution in [-0.2, 0) is 14.2 Å². The van der Waals surface area contributed by atoms with E-state index in [4.69, 9.17) is 14.2 Å². The van der Waals surface area contributed by atoms with Crippen molar-refractivity contribution in [3.63, 3.8) is 0 Å². The van der Waals surface area contributed by atoms with Gasteiger partial charge in [-0.2, -0.15) is 0 Å². The first-order valence-corrected chi connectivity index (χ1v) is 12.9. The van der Waals surface area contributed by atoms with Gasteiger partial charge in [0.1, 0.15) is 0 Å². The minimum atomic E-state index is -0.432. The summed E-state index contributed by atoms with van der Waals surface area (Å²) in [5, 5.41) is 0. The van der Waals surface area contributed by atoms with Crippen LogP contribution in [0.2, 0.25) is 0 Å². The number of ether oxygens (including phenoxy) is 3. The quantitative estimate of drug-likeness (QED) is 0.171. The van der Waals surface area contributed by atoms with Crippen LogP contribution in [0.3, 0.4) is 0 Å². The van der Waals surface area contributed by atoms with E-state index in [1.165, 1.54) is 0 Å². The fourth-order valence-corrected chi connectivity index (χ4v) is 4.46. The molecule has 0 amide bonds. The van der Waals surface area contributed by atoms with Gasteiger partial charge in [0, 0.05) is 0 Å². The molecule has 0 N–H and O–H groups in total. The average Bonchev–Trinajstić information content (AvgIpc) is 2.97. The van der Waals surface area contributed by atoms with Crippen molar-refractivity contribution in [1.29, 1.82) is 0 Å². The Bertz CT molecular complexity index is 1310. The Morgan fingerprint density at radius 3 is 0.974 bits per heavy atom. The van der Waals surface area contributed by atoms with E-state index in [9.17, 15) is 14.4 Å². The summed E-state index contributed by atoms with van der Waals surface area (Å²) in [5.74, 6) is -1.29. The SMILES string of the molecule is CCOC(=O)c1ccccc1-c1cc(-c2ccccc2C(=O)OCC)cc(-c2ccccc2C(=O)OCC)c1. The Balaban J connectivity index is 2.00. The maximum absolute atomic E-state index is 12.8. The third-order valence-electron chi connectivity index (χ3n) is 6.13. The molecular weight excluding hydrogens is 492 g/mol. The van der Waals surface area contributed by atoms with Crippen molar-refractivity contribution in [2.75, 3.05) is 19.8 Å². The van der Waals surface area contributed by atoms with E-state index in [0.717, 1.165) is 16.7 Å². The zero-order valence-electron chi connectivity index (χ0n) is 22.2. The standard InChI is InChI=1S/C33H30O6/c1-4-37-31(34)28-16-10-7-13-25(28)22-19-23(26-14-8-11-17-29(26)32(35)38-5-2)21-24(20-22)27-15-9-12-18-30(27)33(36)39-6-3/h7-21H,4-6H2,1-3H3. The van der Waals surface area contributed by atoms with Crippen molar-refractivity contribution in [3.05, 3.63) is 108 Å². The van der Waals surface area contributed by atoms with E-state index in [-0.39, 0.29) is 19.8 Å². The van der Waals surface area contributed by atoms with Crippen molar-refractivity contribution in [2.24, 2.45) is 0 Å². The van der Waals surface area contributed by atoms with Gasteiger partial charge in [-0.1, -0.05) is 54.6 Å². The van der Waals surface area contributed by atoms with Crippen LogP contribution in [0.1, 0.15) is 51.8 Å². The van der Waals surface area contributed by atoms with Crippen LogP contribution < -0.4 is 0 Å². The molecule has 39 heavy (non-hydrogen) atoms. The molecule has 0 atom stereocenters. The van der Waals surface area contributed by atoms with Gasteiger partial charge in [-0.25, -0.2) is 14.4 Å². The van der Waals surface area contributed by atoms with E-state index in [1.54, 1.807) is 57.2 Å². The molecule has 198 valence electrons. The fraction of sp³-hybridized carbons (Fsp3) is 0.182. The number of carbonyl (C=O) groups is 3. The van der Waals surface area contributed by atoms with Crippen LogP contribution in [0.25, 0.3) is 33.4 Å². The number of hydrogen-bond donors (Lipinski definition) is 0. The monoisotopic (exact) mass is 522 g/mol. The van der Waals surface area contributed by atoms with Gasteiger partial charge in [-0.15, -0.1) is 0 Å². The second-order valence-corrected chi connectivity index (χ2v) is 8.60. The molecule has 0 unspecified atom stereocenters. The first kappa shape index (κ1) is 27.3. The zero-order valence-corrected chi connectivity index (χ0v) is 22.2. The molecule has 4 aromatic carbocycles. The van der Waals surface area contributed by atoms with Crippen LogP contribution in [0, 0.1) is 0 Å². The Morgan fingerprint density at radius 2 is 0.718 bits per heavy atom.